The number of anilines is 2. The van der Waals surface area contributed by atoms with Crippen LogP contribution in [0.15, 0.2) is 48.5 Å². The number of carbonyl (C=O) groups is 4. The van der Waals surface area contributed by atoms with Crippen molar-refractivity contribution in [2.75, 3.05) is 10.2 Å². The summed E-state index contributed by atoms with van der Waals surface area (Å²) in [5.74, 6) is -6.02. The predicted octanol–water partition coefficient (Wildman–Crippen LogP) is 10.0. The van der Waals surface area contributed by atoms with Crippen LogP contribution in [0.3, 0.4) is 0 Å². The van der Waals surface area contributed by atoms with Gasteiger partial charge in [0.15, 0.2) is 5.78 Å². The summed E-state index contributed by atoms with van der Waals surface area (Å²) in [5, 5.41) is 2.40. The second kappa shape index (κ2) is 14.0. The molecule has 3 aromatic carbocycles. The van der Waals surface area contributed by atoms with Crippen LogP contribution in [0.4, 0.5) is 34.1 Å². The third kappa shape index (κ3) is 9.00. The molecule has 4 rings (SSSR count). The van der Waals surface area contributed by atoms with Crippen molar-refractivity contribution in [3.8, 4) is 0 Å². The van der Waals surface area contributed by atoms with Gasteiger partial charge in [-0.1, -0.05) is 29.3 Å². The number of alkyl halides is 2. The van der Waals surface area contributed by atoms with Gasteiger partial charge in [-0.05, 0) is 89.1 Å². The van der Waals surface area contributed by atoms with Crippen LogP contribution in [-0.2, 0) is 20.7 Å². The number of halogens is 7. The van der Waals surface area contributed by atoms with Gasteiger partial charge in [0.25, 0.3) is 0 Å². The van der Waals surface area contributed by atoms with Gasteiger partial charge in [0.05, 0.1) is 21.7 Å². The summed E-state index contributed by atoms with van der Waals surface area (Å²) in [6, 6.07) is 9.09. The molecule has 1 aliphatic rings. The van der Waals surface area contributed by atoms with E-state index in [2.05, 4.69) is 5.32 Å². The third-order valence-electron chi connectivity index (χ3n) is 7.03. The normalized spacial score (nSPS) is 16.8. The molecule has 1 fully saturated rings. The Bertz CT molecular complexity index is 1810. The first kappa shape index (κ1) is 38.3. The maximum Gasteiger partial charge on any atom is 0.424 e. The lowest BCUT2D eigenvalue weighted by Crippen LogP contribution is -2.44. The van der Waals surface area contributed by atoms with E-state index < -0.39 is 86.4 Å². The highest BCUT2D eigenvalue weighted by molar-refractivity contribution is 6.53. The van der Waals surface area contributed by atoms with Crippen molar-refractivity contribution in [2.24, 2.45) is 5.92 Å². The van der Waals surface area contributed by atoms with Crippen molar-refractivity contribution in [3.63, 3.8) is 0 Å². The van der Waals surface area contributed by atoms with Crippen molar-refractivity contribution >= 4 is 81.7 Å². The fourth-order valence-corrected chi connectivity index (χ4v) is 6.09. The second-order valence-corrected chi connectivity index (χ2v) is 15.5. The summed E-state index contributed by atoms with van der Waals surface area (Å²) in [5.41, 5.74) is -2.97. The van der Waals surface area contributed by atoms with Gasteiger partial charge in [0.2, 0.25) is 5.91 Å². The van der Waals surface area contributed by atoms with E-state index in [-0.39, 0.29) is 26.2 Å². The average molecular weight is 762 g/mol. The van der Waals surface area contributed by atoms with Crippen molar-refractivity contribution in [2.45, 2.75) is 69.4 Å². The van der Waals surface area contributed by atoms with E-state index in [1.807, 2.05) is 0 Å². The summed E-state index contributed by atoms with van der Waals surface area (Å²) in [7, 11) is 0. The van der Waals surface area contributed by atoms with Crippen LogP contribution >= 0.6 is 46.4 Å². The molecule has 3 amide bonds. The van der Waals surface area contributed by atoms with Crippen LogP contribution in [0.5, 0.6) is 0 Å². The molecule has 0 saturated heterocycles. The number of nitrogens with zero attached hydrogens (tertiary/aromatic N) is 1. The molecule has 0 bridgehead atoms. The summed E-state index contributed by atoms with van der Waals surface area (Å²) in [4.78, 5) is 52.5. The molecule has 262 valence electrons. The van der Waals surface area contributed by atoms with Crippen LogP contribution < -0.4 is 10.2 Å². The maximum absolute atomic E-state index is 15.5. The Kier molecular flexibility index (Phi) is 11.0. The summed E-state index contributed by atoms with van der Waals surface area (Å²) < 4.78 is 53.5. The molecule has 0 aliphatic heterocycles. The van der Waals surface area contributed by atoms with Gasteiger partial charge >= 0.3 is 12.2 Å². The zero-order chi connectivity index (χ0) is 36.8. The molecular weight excluding hydrogens is 731 g/mol. The van der Waals surface area contributed by atoms with Crippen molar-refractivity contribution in [1.29, 1.82) is 0 Å². The van der Waals surface area contributed by atoms with Gasteiger partial charge < -0.3 is 14.8 Å². The Hall–Kier alpha value is -3.51. The molecule has 8 nitrogen and oxygen atoms in total. The van der Waals surface area contributed by atoms with E-state index in [1.54, 1.807) is 0 Å². The monoisotopic (exact) mass is 760 g/mol. The van der Waals surface area contributed by atoms with Crippen LogP contribution in [0, 0.1) is 23.4 Å². The molecule has 0 unspecified atom stereocenters. The van der Waals surface area contributed by atoms with Gasteiger partial charge in [-0.25, -0.2) is 22.8 Å². The van der Waals surface area contributed by atoms with E-state index in [9.17, 15) is 23.6 Å². The number of hydrogen-bond donors (Lipinski definition) is 1. The van der Waals surface area contributed by atoms with Crippen LogP contribution in [0.2, 0.25) is 10.0 Å². The Balaban J connectivity index is 1.55. The molecule has 3 aromatic rings. The molecule has 0 aromatic heterocycles. The van der Waals surface area contributed by atoms with Crippen molar-refractivity contribution < 1.29 is 41.8 Å². The lowest BCUT2D eigenvalue weighted by atomic mass is 10.0. The average Bonchev–Trinajstić information content (AvgIpc) is 3.53. The molecule has 1 aliphatic carbocycles. The van der Waals surface area contributed by atoms with E-state index in [0.717, 1.165) is 6.07 Å². The molecule has 2 atom stereocenters. The quantitative estimate of drug-likeness (QED) is 0.190. The van der Waals surface area contributed by atoms with E-state index in [1.165, 1.54) is 71.9 Å². The first-order valence-corrected chi connectivity index (χ1v) is 16.2. The minimum Gasteiger partial charge on any atom is -0.443 e. The Morgan fingerprint density at radius 2 is 1.39 bits per heavy atom. The fraction of sp³-hybridized carbons (Fsp3) is 0.353. The highest BCUT2D eigenvalue weighted by Crippen LogP contribution is 2.65. The fourth-order valence-electron chi connectivity index (χ4n) is 4.85. The topological polar surface area (TPSA) is 102 Å². The summed E-state index contributed by atoms with van der Waals surface area (Å²) >= 11 is 24.9. The number of ether oxygens (including phenoxy) is 2. The summed E-state index contributed by atoms with van der Waals surface area (Å²) in [6.07, 6.45) is -3.32. The number of carbonyl (C=O) groups excluding carboxylic acids is 4. The number of ketones is 1. The lowest BCUT2D eigenvalue weighted by molar-refractivity contribution is -0.117. The number of Topliss-reactive ketones (excluding diaryl/α,β-unsaturated/α-hetero) is 1. The number of hydrogen-bond acceptors (Lipinski definition) is 6. The van der Waals surface area contributed by atoms with E-state index in [4.69, 9.17) is 55.9 Å². The molecule has 15 heteroatoms. The van der Waals surface area contributed by atoms with Gasteiger partial charge in [-0.2, -0.15) is 4.90 Å². The third-order valence-corrected chi connectivity index (χ3v) is 8.59. The Labute approximate surface area is 300 Å². The maximum atomic E-state index is 15.5. The predicted molar refractivity (Wildman–Crippen MR) is 181 cm³/mol. The van der Waals surface area contributed by atoms with Gasteiger partial charge in [-0.15, -0.1) is 23.2 Å². The minimum absolute atomic E-state index is 0.0455. The van der Waals surface area contributed by atoms with Gasteiger partial charge in [-0.3, -0.25) is 9.59 Å². The van der Waals surface area contributed by atoms with Gasteiger partial charge in [0.1, 0.15) is 33.0 Å². The van der Waals surface area contributed by atoms with Crippen LogP contribution in [0.1, 0.15) is 68.9 Å². The number of amides is 3. The Morgan fingerprint density at radius 3 is 1.94 bits per heavy atom. The first-order valence-electron chi connectivity index (χ1n) is 14.7. The molecule has 0 spiro atoms. The van der Waals surface area contributed by atoms with Crippen molar-refractivity contribution in [1.82, 2.24) is 0 Å². The summed E-state index contributed by atoms with van der Waals surface area (Å²) in [6.45, 7) is 9.12. The molecule has 1 N–H and O–H groups in total. The van der Waals surface area contributed by atoms with Crippen LogP contribution in [-0.4, -0.2) is 39.4 Å². The molecular formula is C34H31Cl4F3N2O6. The minimum atomic E-state index is -1.52. The van der Waals surface area contributed by atoms with Crippen molar-refractivity contribution in [3.05, 3.63) is 92.7 Å². The largest absolute Gasteiger partial charge is 0.443 e. The van der Waals surface area contributed by atoms with Crippen LogP contribution in [0.25, 0.3) is 0 Å². The highest BCUT2D eigenvalue weighted by Gasteiger charge is 2.67. The number of imide groups is 1. The highest BCUT2D eigenvalue weighted by atomic mass is 35.5. The molecule has 1 saturated carbocycles. The molecule has 0 heterocycles. The number of rotatable bonds is 7. The lowest BCUT2D eigenvalue weighted by Gasteiger charge is -2.29. The Morgan fingerprint density at radius 1 is 0.796 bits per heavy atom. The van der Waals surface area contributed by atoms with E-state index in [0.29, 0.717) is 17.7 Å². The SMILES string of the molecule is CC(C)(C)OC(=O)N(C(=O)OC(C)(C)C)c1cc(F)c(CC(=O)c2cc(NC(=O)[C@H]3[C@H](c4ccc(F)c(Cl)c4)C3(Cl)Cl)ccc2Cl)cc1F. The van der Waals surface area contributed by atoms with Gasteiger partial charge in [0, 0.05) is 29.7 Å². The zero-order valence-electron chi connectivity index (χ0n) is 27.0. The van der Waals surface area contributed by atoms with E-state index >= 15 is 8.78 Å². The molecule has 49 heavy (non-hydrogen) atoms. The zero-order valence-corrected chi connectivity index (χ0v) is 30.0. The standard InChI is InChI=1S/C34H31Cl4F3N2O6/c1-32(2,3)48-30(46)43(31(47)49-33(4,5)6)25-15-23(40)17(12-24(25)41)13-26(44)19-14-18(8-9-20(19)35)42-29(45)28-27(34(28,37)38)16-7-10-22(39)21(36)11-16/h7-12,14-15,27-28H,13H2,1-6H3,(H,42,45)/t27-,28+/m0/s1. The smallest absolute Gasteiger partial charge is 0.424 e. The second-order valence-electron chi connectivity index (χ2n) is 13.3. The first-order chi connectivity index (χ1) is 22.5. The molecule has 0 radical (unpaired) electrons. The number of benzene rings is 3. The number of nitrogens with one attached hydrogen (secondary N) is 1.